The molecule has 0 atom stereocenters. The lowest BCUT2D eigenvalue weighted by Crippen LogP contribution is -2.32. The Morgan fingerprint density at radius 1 is 1.09 bits per heavy atom. The third-order valence-corrected chi connectivity index (χ3v) is 4.86. The van der Waals surface area contributed by atoms with E-state index in [2.05, 4.69) is 10.6 Å². The second-order valence-electron chi connectivity index (χ2n) is 6.40. The van der Waals surface area contributed by atoms with Crippen molar-refractivity contribution in [2.75, 3.05) is 11.9 Å². The van der Waals surface area contributed by atoms with E-state index in [-0.39, 0.29) is 5.11 Å². The van der Waals surface area contributed by atoms with Gasteiger partial charge in [0.2, 0.25) is 5.91 Å². The van der Waals surface area contributed by atoms with Gasteiger partial charge in [0.1, 0.15) is 11.5 Å². The molecule has 3 aromatic rings. The summed E-state index contributed by atoms with van der Waals surface area (Å²) >= 11 is 17.2. The Morgan fingerprint density at radius 3 is 2.53 bits per heavy atom. The van der Waals surface area contributed by atoms with Crippen LogP contribution < -0.4 is 10.6 Å². The van der Waals surface area contributed by atoms with Crippen molar-refractivity contribution >= 4 is 64.2 Å². The summed E-state index contributed by atoms with van der Waals surface area (Å²) in [6, 6.07) is 15.1. The van der Waals surface area contributed by atoms with Crippen LogP contribution in [0.3, 0.4) is 0 Å². The molecule has 0 saturated carbocycles. The Balaban J connectivity index is 1.54. The molecule has 9 heteroatoms. The SMILES string of the molecule is CCOC(=O)c1ccc(NC(=S)NC(=O)/C=C/c2ccc(-c3ccc(Cl)cc3Cl)o2)cc1. The fourth-order valence-corrected chi connectivity index (χ4v) is 3.37. The number of halogens is 2. The topological polar surface area (TPSA) is 80.6 Å². The minimum absolute atomic E-state index is 0.108. The standard InChI is InChI=1S/C23H18Cl2N2O4S/c1-2-30-22(29)14-3-6-16(7-4-14)26-23(32)27-21(28)12-9-17-8-11-20(31-17)18-10-5-15(24)13-19(18)25/h3-13H,2H2,1H3,(H2,26,27,28,32)/b12-9+. The van der Waals surface area contributed by atoms with Crippen LogP contribution in [0.4, 0.5) is 5.69 Å². The Morgan fingerprint density at radius 2 is 1.84 bits per heavy atom. The molecule has 6 nitrogen and oxygen atoms in total. The van der Waals surface area contributed by atoms with Gasteiger partial charge in [0, 0.05) is 22.3 Å². The number of hydrogen-bond acceptors (Lipinski definition) is 5. The van der Waals surface area contributed by atoms with Crippen LogP contribution in [0, 0.1) is 0 Å². The molecule has 0 saturated heterocycles. The third kappa shape index (κ3) is 6.43. The van der Waals surface area contributed by atoms with Gasteiger partial charge >= 0.3 is 5.97 Å². The Bertz CT molecular complexity index is 1170. The molecule has 0 spiro atoms. The summed E-state index contributed by atoms with van der Waals surface area (Å²) < 4.78 is 10.6. The van der Waals surface area contributed by atoms with E-state index in [0.717, 1.165) is 0 Å². The van der Waals surface area contributed by atoms with Crippen molar-refractivity contribution in [3.63, 3.8) is 0 Å². The number of carbonyl (C=O) groups excluding carboxylic acids is 2. The molecule has 32 heavy (non-hydrogen) atoms. The van der Waals surface area contributed by atoms with Crippen molar-refractivity contribution in [2.45, 2.75) is 6.92 Å². The van der Waals surface area contributed by atoms with Gasteiger partial charge in [0.05, 0.1) is 17.2 Å². The van der Waals surface area contributed by atoms with Crippen LogP contribution in [0.1, 0.15) is 23.0 Å². The number of nitrogens with one attached hydrogen (secondary N) is 2. The first-order valence-electron chi connectivity index (χ1n) is 9.48. The summed E-state index contributed by atoms with van der Waals surface area (Å²) in [5.41, 5.74) is 1.73. The molecule has 0 radical (unpaired) electrons. The fraction of sp³-hybridized carbons (Fsp3) is 0.0870. The molecule has 0 aliphatic carbocycles. The van der Waals surface area contributed by atoms with Crippen LogP contribution in [0.25, 0.3) is 17.4 Å². The first-order chi connectivity index (χ1) is 15.4. The Kier molecular flexibility index (Phi) is 8.05. The van der Waals surface area contributed by atoms with Crippen molar-refractivity contribution in [1.29, 1.82) is 0 Å². The van der Waals surface area contributed by atoms with Gasteiger partial charge < -0.3 is 14.5 Å². The highest BCUT2D eigenvalue weighted by molar-refractivity contribution is 7.80. The largest absolute Gasteiger partial charge is 0.462 e. The molecule has 0 aliphatic heterocycles. The molecular formula is C23H18Cl2N2O4S. The van der Waals surface area contributed by atoms with Gasteiger partial charge in [-0.2, -0.15) is 0 Å². The number of thiocarbonyl (C=S) groups is 1. The summed E-state index contributed by atoms with van der Waals surface area (Å²) in [6.07, 6.45) is 2.81. The van der Waals surface area contributed by atoms with E-state index >= 15 is 0 Å². The van der Waals surface area contributed by atoms with Crippen molar-refractivity contribution < 1.29 is 18.7 Å². The van der Waals surface area contributed by atoms with Gasteiger partial charge in [0.15, 0.2) is 5.11 Å². The van der Waals surface area contributed by atoms with Gasteiger partial charge in [-0.3, -0.25) is 10.1 Å². The molecule has 2 N–H and O–H groups in total. The number of esters is 1. The van der Waals surface area contributed by atoms with E-state index < -0.39 is 11.9 Å². The lowest BCUT2D eigenvalue weighted by molar-refractivity contribution is -0.115. The van der Waals surface area contributed by atoms with Crippen LogP contribution in [0.5, 0.6) is 0 Å². The van der Waals surface area contributed by atoms with Crippen LogP contribution in [0.2, 0.25) is 10.0 Å². The Labute approximate surface area is 200 Å². The second-order valence-corrected chi connectivity index (χ2v) is 7.65. The van der Waals surface area contributed by atoms with Crippen molar-refractivity contribution in [2.24, 2.45) is 0 Å². The van der Waals surface area contributed by atoms with E-state index in [1.54, 1.807) is 61.5 Å². The number of ether oxygens (including phenoxy) is 1. The van der Waals surface area contributed by atoms with Crippen molar-refractivity contribution in [1.82, 2.24) is 5.32 Å². The lowest BCUT2D eigenvalue weighted by Gasteiger charge is -2.08. The number of amides is 1. The molecule has 0 fully saturated rings. The van der Waals surface area contributed by atoms with Gasteiger partial charge in [-0.1, -0.05) is 23.2 Å². The summed E-state index contributed by atoms with van der Waals surface area (Å²) in [4.78, 5) is 23.8. The first-order valence-corrected chi connectivity index (χ1v) is 10.6. The average molecular weight is 489 g/mol. The predicted molar refractivity (Wildman–Crippen MR) is 130 cm³/mol. The van der Waals surface area contributed by atoms with Gasteiger partial charge in [-0.15, -0.1) is 0 Å². The van der Waals surface area contributed by atoms with Gasteiger partial charge in [-0.05, 0) is 79.8 Å². The van der Waals surface area contributed by atoms with Gasteiger partial charge in [0.25, 0.3) is 0 Å². The molecular weight excluding hydrogens is 471 g/mol. The van der Waals surface area contributed by atoms with Crippen LogP contribution in [-0.2, 0) is 9.53 Å². The molecule has 3 rings (SSSR count). The van der Waals surface area contributed by atoms with E-state index in [0.29, 0.717) is 45.0 Å². The molecule has 1 aromatic heterocycles. The molecule has 0 aliphatic rings. The van der Waals surface area contributed by atoms with Crippen molar-refractivity contribution in [3.8, 4) is 11.3 Å². The highest BCUT2D eigenvalue weighted by atomic mass is 35.5. The minimum Gasteiger partial charge on any atom is -0.462 e. The number of benzene rings is 2. The maximum Gasteiger partial charge on any atom is 0.338 e. The first kappa shape index (κ1) is 23.5. The molecule has 1 amide bonds. The summed E-state index contributed by atoms with van der Waals surface area (Å²) in [6.45, 7) is 2.04. The highest BCUT2D eigenvalue weighted by Crippen LogP contribution is 2.31. The van der Waals surface area contributed by atoms with E-state index in [1.807, 2.05) is 0 Å². The maximum atomic E-state index is 12.1. The number of carbonyl (C=O) groups is 2. The van der Waals surface area contributed by atoms with E-state index in [1.165, 1.54) is 12.2 Å². The zero-order valence-electron chi connectivity index (χ0n) is 16.9. The normalized spacial score (nSPS) is 10.7. The van der Waals surface area contributed by atoms with E-state index in [4.69, 9.17) is 44.6 Å². The predicted octanol–water partition coefficient (Wildman–Crippen LogP) is 5.96. The van der Waals surface area contributed by atoms with Crippen LogP contribution in [0.15, 0.2) is 65.1 Å². The Hall–Kier alpha value is -3.13. The number of furan rings is 1. The monoisotopic (exact) mass is 488 g/mol. The summed E-state index contributed by atoms with van der Waals surface area (Å²) in [5, 5.41) is 6.51. The summed E-state index contributed by atoms with van der Waals surface area (Å²) in [5.74, 6) is 0.178. The van der Waals surface area contributed by atoms with Crippen LogP contribution >= 0.6 is 35.4 Å². The number of hydrogen-bond donors (Lipinski definition) is 2. The highest BCUT2D eigenvalue weighted by Gasteiger charge is 2.09. The maximum absolute atomic E-state index is 12.1. The smallest absolute Gasteiger partial charge is 0.338 e. The van der Waals surface area contributed by atoms with Crippen LogP contribution in [-0.4, -0.2) is 23.6 Å². The minimum atomic E-state index is -0.437. The fourth-order valence-electron chi connectivity index (χ4n) is 2.65. The zero-order valence-corrected chi connectivity index (χ0v) is 19.2. The molecule has 0 bridgehead atoms. The quantitative estimate of drug-likeness (QED) is 0.253. The molecule has 0 unspecified atom stereocenters. The lowest BCUT2D eigenvalue weighted by atomic mass is 10.2. The van der Waals surface area contributed by atoms with Gasteiger partial charge in [-0.25, -0.2) is 4.79 Å². The van der Waals surface area contributed by atoms with Crippen molar-refractivity contribution in [3.05, 3.63) is 82.0 Å². The summed E-state index contributed by atoms with van der Waals surface area (Å²) in [7, 11) is 0. The second kappa shape index (κ2) is 10.9. The average Bonchev–Trinajstić information content (AvgIpc) is 3.21. The molecule has 2 aromatic carbocycles. The zero-order chi connectivity index (χ0) is 23.1. The molecule has 1 heterocycles. The van der Waals surface area contributed by atoms with E-state index in [9.17, 15) is 9.59 Å². The number of anilines is 1. The number of rotatable bonds is 6. The third-order valence-electron chi connectivity index (χ3n) is 4.11. The molecule has 164 valence electrons.